The number of aliphatic hydroxyl groups is 4. The van der Waals surface area contributed by atoms with Crippen LogP contribution in [0.2, 0.25) is 5.02 Å². The van der Waals surface area contributed by atoms with Crippen molar-refractivity contribution in [2.24, 2.45) is 0 Å². The van der Waals surface area contributed by atoms with E-state index in [1.54, 1.807) is 7.11 Å². The molecule has 4 rings (SSSR count). The standard InChI is InChI=1S/C25H31ClO8/c1-3-32-16-6-4-13(5-7-16)8-14-9-17(19-15(11-31-2)12-33-25(19)20(14)26)24-23(30)22(29)21(28)18(10-27)34-24/h4-7,9,15,18,21-24,27-30H,3,8,10-12H2,1-2H3/t15?,18-,21-,22+,23-,24+/m1/s1. The molecule has 0 bridgehead atoms. The highest BCUT2D eigenvalue weighted by molar-refractivity contribution is 6.33. The van der Waals surface area contributed by atoms with Gasteiger partial charge in [0, 0.05) is 18.6 Å². The largest absolute Gasteiger partial charge is 0.494 e. The maximum Gasteiger partial charge on any atom is 0.142 e. The highest BCUT2D eigenvalue weighted by atomic mass is 35.5. The summed E-state index contributed by atoms with van der Waals surface area (Å²) in [4.78, 5) is 0. The molecular weight excluding hydrogens is 464 g/mol. The smallest absolute Gasteiger partial charge is 0.142 e. The van der Waals surface area contributed by atoms with Crippen molar-refractivity contribution in [3.63, 3.8) is 0 Å². The Morgan fingerprint density at radius 1 is 1.09 bits per heavy atom. The van der Waals surface area contributed by atoms with Gasteiger partial charge in [-0.15, -0.1) is 0 Å². The van der Waals surface area contributed by atoms with Crippen LogP contribution in [0.15, 0.2) is 30.3 Å². The number of benzene rings is 2. The predicted molar refractivity (Wildman–Crippen MR) is 125 cm³/mol. The zero-order valence-corrected chi connectivity index (χ0v) is 19.9. The molecule has 0 aromatic heterocycles. The van der Waals surface area contributed by atoms with Gasteiger partial charge in [-0.25, -0.2) is 0 Å². The molecule has 8 nitrogen and oxygen atoms in total. The van der Waals surface area contributed by atoms with Gasteiger partial charge < -0.3 is 39.4 Å². The molecule has 4 N–H and O–H groups in total. The van der Waals surface area contributed by atoms with Crippen LogP contribution in [0, 0.1) is 0 Å². The van der Waals surface area contributed by atoms with Gasteiger partial charge in [0.1, 0.15) is 42.0 Å². The van der Waals surface area contributed by atoms with Crippen LogP contribution in [0.1, 0.15) is 41.2 Å². The van der Waals surface area contributed by atoms with Crippen LogP contribution in [-0.2, 0) is 15.9 Å². The molecule has 0 spiro atoms. The molecule has 2 aliphatic heterocycles. The van der Waals surface area contributed by atoms with E-state index in [4.69, 9.17) is 30.5 Å². The van der Waals surface area contributed by atoms with E-state index in [-0.39, 0.29) is 5.92 Å². The lowest BCUT2D eigenvalue weighted by molar-refractivity contribution is -0.231. The van der Waals surface area contributed by atoms with Gasteiger partial charge in [-0.2, -0.15) is 0 Å². The van der Waals surface area contributed by atoms with E-state index in [0.29, 0.717) is 42.6 Å². The van der Waals surface area contributed by atoms with Crippen molar-refractivity contribution in [1.29, 1.82) is 0 Å². The van der Waals surface area contributed by atoms with Crippen molar-refractivity contribution < 1.29 is 39.4 Å². The Hall–Kier alpha value is -1.91. The third kappa shape index (κ3) is 4.77. The first kappa shape index (κ1) is 25.2. The van der Waals surface area contributed by atoms with E-state index in [1.807, 2.05) is 37.3 Å². The minimum absolute atomic E-state index is 0.153. The molecule has 2 aliphatic rings. The summed E-state index contributed by atoms with van der Waals surface area (Å²) in [5, 5.41) is 41.6. The van der Waals surface area contributed by atoms with Gasteiger partial charge in [-0.3, -0.25) is 0 Å². The summed E-state index contributed by atoms with van der Waals surface area (Å²) >= 11 is 6.78. The van der Waals surface area contributed by atoms with Crippen LogP contribution >= 0.6 is 11.6 Å². The second-order valence-electron chi connectivity index (χ2n) is 8.65. The van der Waals surface area contributed by atoms with Crippen molar-refractivity contribution in [2.75, 3.05) is 33.5 Å². The maximum absolute atomic E-state index is 10.8. The first-order chi connectivity index (χ1) is 16.4. The second-order valence-corrected chi connectivity index (χ2v) is 9.03. The molecule has 1 unspecified atom stereocenters. The molecule has 186 valence electrons. The van der Waals surface area contributed by atoms with Crippen LogP contribution in [0.3, 0.4) is 0 Å². The van der Waals surface area contributed by atoms with Crippen LogP contribution in [0.4, 0.5) is 0 Å². The lowest BCUT2D eigenvalue weighted by atomic mass is 9.84. The normalized spacial score (nSPS) is 28.4. The van der Waals surface area contributed by atoms with E-state index < -0.39 is 37.1 Å². The molecular formula is C25H31ClO8. The SMILES string of the molecule is CCOc1ccc(Cc2cc([C@@H]3O[C@H](CO)[C@@H](O)[C@H](O)[C@H]3O)c3c(c2Cl)OCC3COC)cc1. The first-order valence-corrected chi connectivity index (χ1v) is 11.8. The average Bonchev–Trinajstić information content (AvgIpc) is 3.26. The molecule has 9 heteroatoms. The number of fused-ring (bicyclic) bond motifs is 1. The molecule has 0 aliphatic carbocycles. The van der Waals surface area contributed by atoms with Crippen molar-refractivity contribution in [1.82, 2.24) is 0 Å². The van der Waals surface area contributed by atoms with Gasteiger partial charge in [0.2, 0.25) is 0 Å². The highest BCUT2D eigenvalue weighted by Crippen LogP contribution is 2.48. The fourth-order valence-electron chi connectivity index (χ4n) is 4.70. The summed E-state index contributed by atoms with van der Waals surface area (Å²) in [5.74, 6) is 1.12. The number of hydrogen-bond donors (Lipinski definition) is 4. The average molecular weight is 495 g/mol. The highest BCUT2D eigenvalue weighted by Gasteiger charge is 2.46. The first-order valence-electron chi connectivity index (χ1n) is 11.4. The Kier molecular flexibility index (Phi) is 7.99. The minimum Gasteiger partial charge on any atom is -0.494 e. The Morgan fingerprint density at radius 3 is 2.47 bits per heavy atom. The second kappa shape index (κ2) is 10.8. The summed E-state index contributed by atoms with van der Waals surface area (Å²) in [6.45, 7) is 2.72. The molecule has 34 heavy (non-hydrogen) atoms. The molecule has 1 fully saturated rings. The number of rotatable bonds is 8. The Bertz CT molecular complexity index is 980. The summed E-state index contributed by atoms with van der Waals surface area (Å²) in [6, 6.07) is 9.54. The minimum atomic E-state index is -1.49. The molecule has 2 heterocycles. The van der Waals surface area contributed by atoms with E-state index in [1.165, 1.54) is 0 Å². The monoisotopic (exact) mass is 494 g/mol. The zero-order chi connectivity index (χ0) is 24.4. The van der Waals surface area contributed by atoms with Gasteiger partial charge in [0.05, 0.1) is 31.5 Å². The molecule has 0 saturated carbocycles. The predicted octanol–water partition coefficient (Wildman–Crippen LogP) is 1.97. The molecule has 1 saturated heterocycles. The quantitative estimate of drug-likeness (QED) is 0.440. The summed E-state index contributed by atoms with van der Waals surface area (Å²) in [7, 11) is 1.59. The van der Waals surface area contributed by atoms with Crippen LogP contribution in [-0.4, -0.2) is 78.4 Å². The Labute approximate surface area is 203 Å². The van der Waals surface area contributed by atoms with E-state index in [0.717, 1.165) is 22.4 Å². The van der Waals surface area contributed by atoms with E-state index in [2.05, 4.69) is 0 Å². The van der Waals surface area contributed by atoms with Crippen molar-refractivity contribution in [3.8, 4) is 11.5 Å². The fourth-order valence-corrected chi connectivity index (χ4v) is 4.98. The molecule has 6 atom stereocenters. The fraction of sp³-hybridized carbons (Fsp3) is 0.520. The maximum atomic E-state index is 10.8. The summed E-state index contributed by atoms with van der Waals surface area (Å²) in [6.07, 6.45) is -5.87. The zero-order valence-electron chi connectivity index (χ0n) is 19.2. The molecule has 0 radical (unpaired) electrons. The van der Waals surface area contributed by atoms with E-state index >= 15 is 0 Å². The molecule has 0 amide bonds. The van der Waals surface area contributed by atoms with Crippen LogP contribution < -0.4 is 9.47 Å². The van der Waals surface area contributed by atoms with E-state index in [9.17, 15) is 20.4 Å². The number of ether oxygens (including phenoxy) is 4. The topological polar surface area (TPSA) is 118 Å². The number of methoxy groups -OCH3 is 1. The number of aliphatic hydroxyl groups excluding tert-OH is 4. The van der Waals surface area contributed by atoms with Gasteiger partial charge in [-0.1, -0.05) is 29.8 Å². The third-order valence-electron chi connectivity index (χ3n) is 6.40. The van der Waals surface area contributed by atoms with Crippen LogP contribution in [0.25, 0.3) is 0 Å². The van der Waals surface area contributed by atoms with Crippen molar-refractivity contribution in [3.05, 3.63) is 57.6 Å². The number of hydrogen-bond acceptors (Lipinski definition) is 8. The Balaban J connectivity index is 1.76. The van der Waals surface area contributed by atoms with Crippen molar-refractivity contribution in [2.45, 2.75) is 49.8 Å². The van der Waals surface area contributed by atoms with Crippen LogP contribution in [0.5, 0.6) is 11.5 Å². The van der Waals surface area contributed by atoms with Gasteiger partial charge >= 0.3 is 0 Å². The van der Waals surface area contributed by atoms with Gasteiger partial charge in [0.15, 0.2) is 0 Å². The molecule has 2 aromatic rings. The van der Waals surface area contributed by atoms with Crippen molar-refractivity contribution >= 4 is 11.6 Å². The number of halogens is 1. The summed E-state index contributed by atoms with van der Waals surface area (Å²) < 4.78 is 22.7. The third-order valence-corrected chi connectivity index (χ3v) is 6.81. The summed E-state index contributed by atoms with van der Waals surface area (Å²) in [5.41, 5.74) is 3.09. The Morgan fingerprint density at radius 2 is 1.82 bits per heavy atom. The lowest BCUT2D eigenvalue weighted by Gasteiger charge is -2.41. The van der Waals surface area contributed by atoms with Gasteiger partial charge in [0.25, 0.3) is 0 Å². The lowest BCUT2D eigenvalue weighted by Crippen LogP contribution is -2.55. The molecule has 2 aromatic carbocycles. The van der Waals surface area contributed by atoms with Gasteiger partial charge in [-0.05, 0) is 42.2 Å².